The first kappa shape index (κ1) is 17.9. The fourth-order valence-corrected chi connectivity index (χ4v) is 1.84. The minimum atomic E-state index is -0.465. The number of carbonyl (C=O) groups excluding carboxylic acids is 1. The molecule has 0 saturated heterocycles. The molecule has 2 unspecified atom stereocenters. The molecule has 1 amide bonds. The van der Waals surface area contributed by atoms with Crippen LogP contribution < -0.4 is 11.1 Å². The highest BCUT2D eigenvalue weighted by molar-refractivity contribution is 5.85. The summed E-state index contributed by atoms with van der Waals surface area (Å²) in [6.45, 7) is 8.07. The van der Waals surface area contributed by atoms with E-state index in [0.29, 0.717) is 5.92 Å². The molecule has 0 spiro atoms. The molecule has 0 fully saturated rings. The predicted octanol–water partition coefficient (Wildman–Crippen LogP) is 2.83. The molecule has 2 atom stereocenters. The highest BCUT2D eigenvalue weighted by Crippen LogP contribution is 2.15. The van der Waals surface area contributed by atoms with Crippen molar-refractivity contribution in [3.63, 3.8) is 0 Å². The van der Waals surface area contributed by atoms with Gasteiger partial charge in [-0.15, -0.1) is 12.4 Å². The van der Waals surface area contributed by atoms with Crippen LogP contribution in [0.25, 0.3) is 0 Å². The van der Waals surface area contributed by atoms with Crippen LogP contribution in [0.15, 0.2) is 24.3 Å². The van der Waals surface area contributed by atoms with Gasteiger partial charge in [0, 0.05) is 0 Å². The minimum absolute atomic E-state index is 0. The van der Waals surface area contributed by atoms with Crippen molar-refractivity contribution in [3.05, 3.63) is 35.4 Å². The molecule has 108 valence electrons. The lowest BCUT2D eigenvalue weighted by atomic mass is 10.00. The van der Waals surface area contributed by atoms with Gasteiger partial charge in [0.15, 0.2) is 0 Å². The molecule has 0 aromatic heterocycles. The number of hydrogen-bond donors (Lipinski definition) is 2. The van der Waals surface area contributed by atoms with Gasteiger partial charge >= 0.3 is 0 Å². The summed E-state index contributed by atoms with van der Waals surface area (Å²) >= 11 is 0. The quantitative estimate of drug-likeness (QED) is 0.873. The Morgan fingerprint density at radius 3 is 2.11 bits per heavy atom. The highest BCUT2D eigenvalue weighted by Gasteiger charge is 2.12. The van der Waals surface area contributed by atoms with Crippen molar-refractivity contribution in [3.8, 4) is 0 Å². The largest absolute Gasteiger partial charge is 0.348 e. The van der Waals surface area contributed by atoms with Crippen LogP contribution in [0, 0.1) is 5.92 Å². The fraction of sp³-hybridized carbons (Fsp3) is 0.533. The molecule has 0 radical (unpaired) electrons. The van der Waals surface area contributed by atoms with Gasteiger partial charge in [0.25, 0.3) is 0 Å². The van der Waals surface area contributed by atoms with Crippen LogP contribution in [0.1, 0.15) is 44.9 Å². The normalized spacial score (nSPS) is 13.6. The summed E-state index contributed by atoms with van der Waals surface area (Å²) in [5.74, 6) is 0.542. The lowest BCUT2D eigenvalue weighted by molar-refractivity contribution is -0.122. The van der Waals surface area contributed by atoms with Crippen molar-refractivity contribution in [1.82, 2.24) is 5.32 Å². The summed E-state index contributed by atoms with van der Waals surface area (Å²) in [5, 5.41) is 2.89. The zero-order chi connectivity index (χ0) is 13.7. The average molecular weight is 285 g/mol. The van der Waals surface area contributed by atoms with Gasteiger partial charge in [0.05, 0.1) is 12.1 Å². The molecule has 0 heterocycles. The molecule has 0 bridgehead atoms. The average Bonchev–Trinajstić information content (AvgIpc) is 2.28. The van der Waals surface area contributed by atoms with Crippen molar-refractivity contribution in [2.75, 3.05) is 0 Å². The van der Waals surface area contributed by atoms with Gasteiger partial charge in [0.1, 0.15) is 0 Å². The summed E-state index contributed by atoms with van der Waals surface area (Å²) in [7, 11) is 0. The third kappa shape index (κ3) is 6.08. The molecule has 19 heavy (non-hydrogen) atoms. The molecule has 0 aliphatic rings. The third-order valence-corrected chi connectivity index (χ3v) is 2.90. The molecular weight excluding hydrogens is 260 g/mol. The molecule has 0 aliphatic carbocycles. The van der Waals surface area contributed by atoms with Gasteiger partial charge in [0.2, 0.25) is 5.91 Å². The topological polar surface area (TPSA) is 55.1 Å². The first-order chi connectivity index (χ1) is 8.40. The van der Waals surface area contributed by atoms with Gasteiger partial charge < -0.3 is 11.1 Å². The van der Waals surface area contributed by atoms with E-state index in [-0.39, 0.29) is 24.4 Å². The zero-order valence-electron chi connectivity index (χ0n) is 12.1. The standard InChI is InChI=1S/C15H24N2O.ClH/c1-10(2)9-13-5-7-14(8-6-13)12(4)17-15(18)11(3)16;/h5-8,10-12H,9,16H2,1-4H3,(H,17,18);1H. The van der Waals surface area contributed by atoms with E-state index in [9.17, 15) is 4.79 Å². The van der Waals surface area contributed by atoms with E-state index in [0.717, 1.165) is 12.0 Å². The maximum atomic E-state index is 11.5. The third-order valence-electron chi connectivity index (χ3n) is 2.90. The van der Waals surface area contributed by atoms with Crippen LogP contribution in [-0.2, 0) is 11.2 Å². The SMILES string of the molecule is CC(C)Cc1ccc(C(C)NC(=O)C(C)N)cc1.Cl. The summed E-state index contributed by atoms with van der Waals surface area (Å²) in [4.78, 5) is 11.5. The van der Waals surface area contributed by atoms with Crippen LogP contribution >= 0.6 is 12.4 Å². The number of hydrogen-bond acceptors (Lipinski definition) is 2. The molecule has 1 aromatic carbocycles. The fourth-order valence-electron chi connectivity index (χ4n) is 1.84. The molecule has 3 nitrogen and oxygen atoms in total. The van der Waals surface area contributed by atoms with E-state index in [2.05, 4.69) is 43.4 Å². The smallest absolute Gasteiger partial charge is 0.237 e. The van der Waals surface area contributed by atoms with E-state index >= 15 is 0 Å². The number of halogens is 1. The van der Waals surface area contributed by atoms with Crippen molar-refractivity contribution < 1.29 is 4.79 Å². The Balaban J connectivity index is 0.00000324. The number of amides is 1. The molecule has 1 aromatic rings. The zero-order valence-corrected chi connectivity index (χ0v) is 13.0. The maximum Gasteiger partial charge on any atom is 0.237 e. The van der Waals surface area contributed by atoms with Gasteiger partial charge in [-0.05, 0) is 37.3 Å². The molecule has 1 rings (SSSR count). The summed E-state index contributed by atoms with van der Waals surface area (Å²) in [6.07, 6.45) is 1.08. The number of nitrogens with two attached hydrogens (primary N) is 1. The Kier molecular flexibility index (Phi) is 7.72. The number of nitrogens with one attached hydrogen (secondary N) is 1. The van der Waals surface area contributed by atoms with E-state index in [1.54, 1.807) is 6.92 Å². The summed E-state index contributed by atoms with van der Waals surface area (Å²) in [6, 6.07) is 7.94. The predicted molar refractivity (Wildman–Crippen MR) is 82.4 cm³/mol. The van der Waals surface area contributed by atoms with Gasteiger partial charge in [-0.25, -0.2) is 0 Å². The number of benzene rings is 1. The first-order valence-corrected chi connectivity index (χ1v) is 6.55. The van der Waals surface area contributed by atoms with E-state index in [1.165, 1.54) is 5.56 Å². The monoisotopic (exact) mass is 284 g/mol. The maximum absolute atomic E-state index is 11.5. The van der Waals surface area contributed by atoms with E-state index in [1.807, 2.05) is 6.92 Å². The Labute approximate surface area is 122 Å². The van der Waals surface area contributed by atoms with Gasteiger partial charge in [-0.2, -0.15) is 0 Å². The Morgan fingerprint density at radius 2 is 1.68 bits per heavy atom. The van der Waals surface area contributed by atoms with Crippen molar-refractivity contribution in [2.24, 2.45) is 11.7 Å². The summed E-state index contributed by atoms with van der Waals surface area (Å²) in [5.41, 5.74) is 7.97. The molecule has 3 N–H and O–H groups in total. The van der Waals surface area contributed by atoms with Crippen LogP contribution in [0.5, 0.6) is 0 Å². The lowest BCUT2D eigenvalue weighted by Crippen LogP contribution is -2.39. The Bertz CT molecular complexity index is 388. The highest BCUT2D eigenvalue weighted by atomic mass is 35.5. The Morgan fingerprint density at radius 1 is 1.16 bits per heavy atom. The molecule has 0 saturated carbocycles. The lowest BCUT2D eigenvalue weighted by Gasteiger charge is -2.16. The molecule has 0 aliphatic heterocycles. The number of rotatable bonds is 5. The van der Waals surface area contributed by atoms with E-state index in [4.69, 9.17) is 5.73 Å². The van der Waals surface area contributed by atoms with Crippen molar-refractivity contribution in [1.29, 1.82) is 0 Å². The second-order valence-corrected chi connectivity index (χ2v) is 5.36. The second-order valence-electron chi connectivity index (χ2n) is 5.36. The first-order valence-electron chi connectivity index (χ1n) is 6.55. The van der Waals surface area contributed by atoms with Crippen molar-refractivity contribution in [2.45, 2.75) is 46.2 Å². The Hall–Kier alpha value is -1.06. The molecular formula is C15H25ClN2O. The molecule has 4 heteroatoms. The van der Waals surface area contributed by atoms with Crippen LogP contribution in [0.3, 0.4) is 0 Å². The van der Waals surface area contributed by atoms with Crippen molar-refractivity contribution >= 4 is 18.3 Å². The van der Waals surface area contributed by atoms with Crippen LogP contribution in [-0.4, -0.2) is 11.9 Å². The van der Waals surface area contributed by atoms with Crippen LogP contribution in [0.2, 0.25) is 0 Å². The van der Waals surface area contributed by atoms with Gasteiger partial charge in [-0.1, -0.05) is 38.1 Å². The van der Waals surface area contributed by atoms with Gasteiger partial charge in [-0.3, -0.25) is 4.79 Å². The minimum Gasteiger partial charge on any atom is -0.348 e. The van der Waals surface area contributed by atoms with Crippen LogP contribution in [0.4, 0.5) is 0 Å². The van der Waals surface area contributed by atoms with E-state index < -0.39 is 6.04 Å². The number of carbonyl (C=O) groups is 1. The second kappa shape index (κ2) is 8.18. The summed E-state index contributed by atoms with van der Waals surface area (Å²) < 4.78 is 0.